The molecular formula is C29H37N3O7S. The van der Waals surface area contributed by atoms with Crippen molar-refractivity contribution in [3.8, 4) is 11.3 Å². The molecule has 0 bridgehead atoms. The zero-order chi connectivity index (χ0) is 28.8. The highest BCUT2D eigenvalue weighted by molar-refractivity contribution is 7.76. The van der Waals surface area contributed by atoms with Crippen LogP contribution in [0.15, 0.2) is 34.7 Å². The number of pyridine rings is 1. The number of fused-ring (bicyclic) bond motifs is 1. The summed E-state index contributed by atoms with van der Waals surface area (Å²) in [7, 11) is 3.05. The second-order valence-electron chi connectivity index (χ2n) is 10.2. The van der Waals surface area contributed by atoms with Crippen LogP contribution in [0.3, 0.4) is 0 Å². The number of nitrogens with one attached hydrogen (secondary N) is 1. The molecule has 216 valence electrons. The lowest BCUT2D eigenvalue weighted by Crippen LogP contribution is -2.28. The van der Waals surface area contributed by atoms with Crippen LogP contribution >= 0.6 is 0 Å². The van der Waals surface area contributed by atoms with Crippen molar-refractivity contribution in [3.05, 3.63) is 52.7 Å². The molecule has 2 aromatic heterocycles. The first-order chi connectivity index (χ1) is 19.3. The van der Waals surface area contributed by atoms with Gasteiger partial charge in [0.15, 0.2) is 0 Å². The molecule has 1 aromatic carbocycles. The van der Waals surface area contributed by atoms with E-state index in [2.05, 4.69) is 12.2 Å². The molecule has 1 fully saturated rings. The van der Waals surface area contributed by atoms with E-state index in [1.165, 1.54) is 17.0 Å². The quantitative estimate of drug-likeness (QED) is 0.175. The fraction of sp³-hybridized carbons (Fsp3) is 0.483. The summed E-state index contributed by atoms with van der Waals surface area (Å²) in [6, 6.07) is 9.84. The molecule has 1 aliphatic rings. The van der Waals surface area contributed by atoms with Gasteiger partial charge >= 0.3 is 5.97 Å². The predicted octanol–water partition coefficient (Wildman–Crippen LogP) is 4.75. The minimum absolute atomic E-state index is 0.127. The fourth-order valence-corrected chi connectivity index (χ4v) is 5.45. The molecule has 0 radical (unpaired) electrons. The van der Waals surface area contributed by atoms with E-state index in [9.17, 15) is 23.5 Å². The Morgan fingerprint density at radius 2 is 1.98 bits per heavy atom. The minimum atomic E-state index is -2.25. The van der Waals surface area contributed by atoms with Crippen molar-refractivity contribution in [2.75, 3.05) is 27.3 Å². The number of methoxy groups -OCH3 is 1. The zero-order valence-corrected chi connectivity index (χ0v) is 24.0. The number of aryl methyl sites for hydroxylation is 1. The van der Waals surface area contributed by atoms with E-state index in [0.717, 1.165) is 30.4 Å². The van der Waals surface area contributed by atoms with E-state index in [1.54, 1.807) is 7.05 Å². The molecule has 2 heterocycles. The van der Waals surface area contributed by atoms with Gasteiger partial charge in [0.25, 0.3) is 5.91 Å². The molecular weight excluding hydrogens is 534 g/mol. The number of carboxylic acid groups (broad SMARTS) is 1. The first kappa shape index (κ1) is 29.9. The molecule has 3 N–H and O–H groups in total. The summed E-state index contributed by atoms with van der Waals surface area (Å²) in [6.07, 6.45) is 4.40. The van der Waals surface area contributed by atoms with Gasteiger partial charge in [-0.1, -0.05) is 37.6 Å². The average molecular weight is 572 g/mol. The normalized spacial score (nSPS) is 14.9. The molecule has 40 heavy (non-hydrogen) atoms. The molecule has 1 amide bonds. The van der Waals surface area contributed by atoms with Gasteiger partial charge in [0, 0.05) is 26.3 Å². The molecule has 1 saturated carbocycles. The van der Waals surface area contributed by atoms with Gasteiger partial charge in [-0.3, -0.25) is 14.1 Å². The summed E-state index contributed by atoms with van der Waals surface area (Å²) < 4.78 is 34.9. The summed E-state index contributed by atoms with van der Waals surface area (Å²) in [4.78, 5) is 29.2. The number of hydrogen-bond acceptors (Lipinski definition) is 6. The van der Waals surface area contributed by atoms with E-state index in [4.69, 9.17) is 14.1 Å². The Morgan fingerprint density at radius 3 is 2.55 bits per heavy atom. The van der Waals surface area contributed by atoms with E-state index in [1.807, 2.05) is 30.3 Å². The first-order valence-electron chi connectivity index (χ1n) is 13.6. The molecule has 11 heteroatoms. The number of rotatable bonds is 15. The molecule has 0 spiro atoms. The molecule has 1 unspecified atom stereocenters. The van der Waals surface area contributed by atoms with E-state index >= 15 is 0 Å². The van der Waals surface area contributed by atoms with Gasteiger partial charge < -0.3 is 19.6 Å². The number of hydrogen-bond donors (Lipinski definition) is 3. The average Bonchev–Trinajstić information content (AvgIpc) is 3.73. The number of amides is 1. The Morgan fingerprint density at radius 1 is 1.25 bits per heavy atom. The van der Waals surface area contributed by atoms with Gasteiger partial charge in [-0.2, -0.15) is 4.31 Å². The second-order valence-corrected chi connectivity index (χ2v) is 11.1. The Hall–Kier alpha value is -3.12. The van der Waals surface area contributed by atoms with Crippen molar-refractivity contribution in [3.63, 3.8) is 0 Å². The van der Waals surface area contributed by atoms with E-state index in [-0.39, 0.29) is 25.0 Å². The smallest absolute Gasteiger partial charge is 0.308 e. The number of aromatic nitrogens is 1. The first-order valence-corrected chi connectivity index (χ1v) is 14.7. The molecule has 0 aliphatic heterocycles. The van der Waals surface area contributed by atoms with Gasteiger partial charge in [0.1, 0.15) is 5.76 Å². The lowest BCUT2D eigenvalue weighted by molar-refractivity contribution is -0.143. The summed E-state index contributed by atoms with van der Waals surface area (Å²) in [6.45, 7) is 2.63. The van der Waals surface area contributed by atoms with Gasteiger partial charge in [-0.25, -0.2) is 9.19 Å². The third kappa shape index (κ3) is 6.95. The van der Waals surface area contributed by atoms with Crippen LogP contribution in [0, 0.1) is 5.92 Å². The maximum atomic E-state index is 13.0. The van der Waals surface area contributed by atoms with Gasteiger partial charge in [-0.05, 0) is 55.2 Å². The van der Waals surface area contributed by atoms with E-state index < -0.39 is 23.2 Å². The standard InChI is InChI=1S/C29H37N3O7S/c1-4-18-8-10-20(11-9-18)26-25(27(33)30-2)23-15-22(19-12-13-19)24(31-28(23)39-26)16-32(40(36)37)14-6-5-7-21(17-38-3)29(34)35/h8-11,15,19,21H,4-7,12-14,16-17H2,1-3H3,(H,30,33)(H,34,35)(H,36,37)/t21-/m0/s1. The van der Waals surface area contributed by atoms with Crippen LogP contribution in [-0.2, 0) is 33.8 Å². The van der Waals surface area contributed by atoms with Crippen molar-refractivity contribution in [1.29, 1.82) is 0 Å². The number of nitrogens with zero attached hydrogens (tertiary/aromatic N) is 2. The summed E-state index contributed by atoms with van der Waals surface area (Å²) in [5, 5.41) is 12.7. The lowest BCUT2D eigenvalue weighted by atomic mass is 10.0. The summed E-state index contributed by atoms with van der Waals surface area (Å²) >= 11 is -2.25. The minimum Gasteiger partial charge on any atom is -0.481 e. The topological polar surface area (TPSA) is 142 Å². The number of carbonyl (C=O) groups is 2. The second kappa shape index (κ2) is 13.5. The monoisotopic (exact) mass is 571 g/mol. The lowest BCUT2D eigenvalue weighted by Gasteiger charge is -2.19. The van der Waals surface area contributed by atoms with Crippen LogP contribution in [-0.4, -0.2) is 62.3 Å². The van der Waals surface area contributed by atoms with Crippen molar-refractivity contribution < 1.29 is 32.6 Å². The van der Waals surface area contributed by atoms with Crippen molar-refractivity contribution in [2.45, 2.75) is 57.9 Å². The van der Waals surface area contributed by atoms with Crippen molar-refractivity contribution in [2.24, 2.45) is 5.92 Å². The van der Waals surface area contributed by atoms with E-state index in [0.29, 0.717) is 53.9 Å². The number of ether oxygens (including phenoxy) is 1. The number of carbonyl (C=O) groups excluding carboxylic acids is 1. The Bertz CT molecular complexity index is 1370. The number of carboxylic acids is 1. The molecule has 0 saturated heterocycles. The van der Waals surface area contributed by atoms with Crippen molar-refractivity contribution >= 4 is 34.2 Å². The molecule has 10 nitrogen and oxygen atoms in total. The third-order valence-electron chi connectivity index (χ3n) is 7.36. The predicted molar refractivity (Wildman–Crippen MR) is 152 cm³/mol. The largest absolute Gasteiger partial charge is 0.481 e. The Labute approximate surface area is 236 Å². The van der Waals surface area contributed by atoms with Crippen LogP contribution in [0.4, 0.5) is 0 Å². The molecule has 4 rings (SSSR count). The van der Waals surface area contributed by atoms with Crippen LogP contribution in [0.5, 0.6) is 0 Å². The maximum absolute atomic E-state index is 13.0. The maximum Gasteiger partial charge on any atom is 0.308 e. The fourth-order valence-electron chi connectivity index (χ4n) is 4.93. The van der Waals surface area contributed by atoms with Crippen molar-refractivity contribution in [1.82, 2.24) is 14.6 Å². The van der Waals surface area contributed by atoms with Crippen LogP contribution in [0.25, 0.3) is 22.4 Å². The summed E-state index contributed by atoms with van der Waals surface area (Å²) in [5.41, 5.74) is 4.27. The number of furan rings is 1. The molecule has 3 aromatic rings. The van der Waals surface area contributed by atoms with Crippen LogP contribution in [0.2, 0.25) is 0 Å². The van der Waals surface area contributed by atoms with Gasteiger partial charge in [0.2, 0.25) is 17.0 Å². The van der Waals surface area contributed by atoms with Crippen LogP contribution < -0.4 is 5.32 Å². The molecule has 2 atom stereocenters. The third-order valence-corrected chi connectivity index (χ3v) is 8.12. The highest BCUT2D eigenvalue weighted by atomic mass is 32.2. The number of benzene rings is 1. The summed E-state index contributed by atoms with van der Waals surface area (Å²) in [5.74, 6) is -1.08. The highest BCUT2D eigenvalue weighted by Gasteiger charge is 2.31. The zero-order valence-electron chi connectivity index (χ0n) is 23.1. The Kier molecular flexibility index (Phi) is 10.1. The van der Waals surface area contributed by atoms with Gasteiger partial charge in [-0.15, -0.1) is 0 Å². The SMILES string of the molecule is CCc1ccc(-c2oc3nc(CN(CCCC[C@@H](COC)C(=O)O)S(=O)O)c(C4CC4)cc3c2C(=O)NC)cc1. The number of unbranched alkanes of at least 4 members (excludes halogenated alkanes) is 1. The highest BCUT2D eigenvalue weighted by Crippen LogP contribution is 2.44. The molecule has 1 aliphatic carbocycles. The van der Waals surface area contributed by atoms with Crippen LogP contribution in [0.1, 0.15) is 72.1 Å². The Balaban J connectivity index is 1.63. The number of aliphatic carboxylic acids is 1. The van der Waals surface area contributed by atoms with Gasteiger partial charge in [0.05, 0.1) is 35.7 Å².